The van der Waals surface area contributed by atoms with Gasteiger partial charge in [0.25, 0.3) is 0 Å². The van der Waals surface area contributed by atoms with Gasteiger partial charge in [0, 0.05) is 11.5 Å². The van der Waals surface area contributed by atoms with E-state index in [1.807, 2.05) is 9.58 Å². The van der Waals surface area contributed by atoms with Crippen molar-refractivity contribution in [3.63, 3.8) is 0 Å². The quantitative estimate of drug-likeness (QED) is 0.729. The minimum Gasteiger partial charge on any atom is -0.326 e. The van der Waals surface area contributed by atoms with Crippen molar-refractivity contribution in [1.82, 2.24) is 14.7 Å². The predicted octanol–water partition coefficient (Wildman–Crippen LogP) is 2.66. The molecule has 0 N–H and O–H groups in total. The molecule has 0 bridgehead atoms. The van der Waals surface area contributed by atoms with Crippen molar-refractivity contribution in [1.29, 1.82) is 0 Å². The van der Waals surface area contributed by atoms with Gasteiger partial charge in [0.15, 0.2) is 0 Å². The first-order valence-electron chi connectivity index (χ1n) is 6.78. The third kappa shape index (κ3) is 2.31. The van der Waals surface area contributed by atoms with E-state index in [1.54, 1.807) is 0 Å². The maximum Gasteiger partial charge on any atom is 0.246 e. The number of aromatic nitrogens is 2. The summed E-state index contributed by atoms with van der Waals surface area (Å²) in [6.07, 6.45) is 1.39. The Morgan fingerprint density at radius 2 is 2.11 bits per heavy atom. The van der Waals surface area contributed by atoms with Crippen molar-refractivity contribution in [2.24, 2.45) is 0 Å². The van der Waals surface area contributed by atoms with Crippen molar-refractivity contribution in [2.45, 2.75) is 58.7 Å². The van der Waals surface area contributed by atoms with Crippen LogP contribution in [0, 0.1) is 0 Å². The summed E-state index contributed by atoms with van der Waals surface area (Å²) in [5.41, 5.74) is 2.22. The highest BCUT2D eigenvalue weighted by Gasteiger charge is 2.34. The van der Waals surface area contributed by atoms with Gasteiger partial charge in [0.1, 0.15) is 0 Å². The number of fused-ring (bicyclic) bond motifs is 1. The van der Waals surface area contributed by atoms with Gasteiger partial charge >= 0.3 is 0 Å². The molecule has 0 radical (unpaired) electrons. The molecule has 4 heteroatoms. The SMILES string of the molecule is C=CC(=O)N1C(C)Cn2nc(C(C)(C)C)cc2C1C. The van der Waals surface area contributed by atoms with E-state index in [9.17, 15) is 4.79 Å². The second-order valence-corrected chi connectivity index (χ2v) is 6.36. The molecule has 104 valence electrons. The molecule has 0 aromatic carbocycles. The van der Waals surface area contributed by atoms with Gasteiger partial charge in [-0.15, -0.1) is 0 Å². The summed E-state index contributed by atoms with van der Waals surface area (Å²) in [5.74, 6) is -0.00948. The van der Waals surface area contributed by atoms with Crippen LogP contribution in [0.15, 0.2) is 18.7 Å². The molecule has 2 rings (SSSR count). The predicted molar refractivity (Wildman–Crippen MR) is 75.8 cm³/mol. The number of carbonyl (C=O) groups excluding carboxylic acids is 1. The molecule has 1 aliphatic rings. The minimum absolute atomic E-state index is 0.00948. The summed E-state index contributed by atoms with van der Waals surface area (Å²) >= 11 is 0. The Morgan fingerprint density at radius 3 is 2.63 bits per heavy atom. The van der Waals surface area contributed by atoms with Crippen LogP contribution in [0.3, 0.4) is 0 Å². The highest BCUT2D eigenvalue weighted by atomic mass is 16.2. The lowest BCUT2D eigenvalue weighted by atomic mass is 9.92. The second-order valence-electron chi connectivity index (χ2n) is 6.36. The number of amides is 1. The topological polar surface area (TPSA) is 38.1 Å². The molecule has 4 nitrogen and oxygen atoms in total. The van der Waals surface area contributed by atoms with Crippen LogP contribution in [-0.2, 0) is 16.8 Å². The van der Waals surface area contributed by atoms with Crippen molar-refractivity contribution in [3.8, 4) is 0 Å². The van der Waals surface area contributed by atoms with Crippen LogP contribution in [0.5, 0.6) is 0 Å². The Kier molecular flexibility index (Phi) is 3.29. The normalized spacial score (nSPS) is 23.1. The van der Waals surface area contributed by atoms with Crippen LogP contribution in [0.2, 0.25) is 0 Å². The highest BCUT2D eigenvalue weighted by molar-refractivity contribution is 5.87. The summed E-state index contributed by atoms with van der Waals surface area (Å²) in [7, 11) is 0. The van der Waals surface area contributed by atoms with Crippen LogP contribution in [0.4, 0.5) is 0 Å². The molecule has 2 heterocycles. The largest absolute Gasteiger partial charge is 0.326 e. The highest BCUT2D eigenvalue weighted by Crippen LogP contribution is 2.32. The van der Waals surface area contributed by atoms with Gasteiger partial charge in [0.05, 0.1) is 24.0 Å². The molecule has 0 spiro atoms. The van der Waals surface area contributed by atoms with E-state index in [4.69, 9.17) is 5.10 Å². The first kappa shape index (κ1) is 13.8. The molecule has 1 aliphatic heterocycles. The standard InChI is InChI=1S/C15H23N3O/c1-7-14(19)18-10(2)9-17-12(11(18)3)8-13(16-17)15(4,5)6/h7-8,10-11H,1,9H2,2-6H3. The first-order valence-corrected chi connectivity index (χ1v) is 6.78. The average molecular weight is 261 g/mol. The van der Waals surface area contributed by atoms with Crippen LogP contribution in [-0.4, -0.2) is 26.6 Å². The molecular formula is C15H23N3O. The zero-order valence-electron chi connectivity index (χ0n) is 12.5. The minimum atomic E-state index is -0.00948. The van der Waals surface area contributed by atoms with Crippen molar-refractivity contribution < 1.29 is 4.79 Å². The van der Waals surface area contributed by atoms with Crippen molar-refractivity contribution in [3.05, 3.63) is 30.1 Å². The second kappa shape index (κ2) is 4.51. The Morgan fingerprint density at radius 1 is 1.47 bits per heavy atom. The summed E-state index contributed by atoms with van der Waals surface area (Å²) in [5, 5.41) is 4.70. The Labute approximate surface area is 115 Å². The fourth-order valence-electron chi connectivity index (χ4n) is 2.66. The smallest absolute Gasteiger partial charge is 0.246 e. The molecule has 2 unspecified atom stereocenters. The average Bonchev–Trinajstić information content (AvgIpc) is 2.72. The van der Waals surface area contributed by atoms with E-state index >= 15 is 0 Å². The molecular weight excluding hydrogens is 238 g/mol. The lowest BCUT2D eigenvalue weighted by Gasteiger charge is -2.38. The van der Waals surface area contributed by atoms with Gasteiger partial charge in [-0.1, -0.05) is 27.4 Å². The van der Waals surface area contributed by atoms with Gasteiger partial charge in [-0.05, 0) is 26.0 Å². The Balaban J connectivity index is 2.42. The number of carbonyl (C=O) groups is 1. The fourth-order valence-corrected chi connectivity index (χ4v) is 2.66. The molecule has 0 aliphatic carbocycles. The van der Waals surface area contributed by atoms with E-state index in [0.29, 0.717) is 0 Å². The van der Waals surface area contributed by atoms with Crippen LogP contribution in [0.25, 0.3) is 0 Å². The van der Waals surface area contributed by atoms with Crippen molar-refractivity contribution >= 4 is 5.91 Å². The Bertz CT molecular complexity index is 510. The molecule has 0 fully saturated rings. The molecule has 19 heavy (non-hydrogen) atoms. The summed E-state index contributed by atoms with van der Waals surface area (Å²) in [4.78, 5) is 13.9. The zero-order chi connectivity index (χ0) is 14.4. The van der Waals surface area contributed by atoms with Crippen LogP contribution < -0.4 is 0 Å². The van der Waals surface area contributed by atoms with Crippen LogP contribution in [0.1, 0.15) is 52.0 Å². The van der Waals surface area contributed by atoms with Crippen molar-refractivity contribution in [2.75, 3.05) is 0 Å². The summed E-state index contributed by atoms with van der Waals surface area (Å²) in [6, 6.07) is 2.30. The van der Waals surface area contributed by atoms with Crippen LogP contribution >= 0.6 is 0 Å². The lowest BCUT2D eigenvalue weighted by molar-refractivity contribution is -0.131. The molecule has 0 saturated carbocycles. The molecule has 1 aromatic rings. The Hall–Kier alpha value is -1.58. The molecule has 1 aromatic heterocycles. The maximum atomic E-state index is 12.0. The molecule has 1 amide bonds. The molecule has 0 saturated heterocycles. The van der Waals surface area contributed by atoms with E-state index in [1.165, 1.54) is 6.08 Å². The summed E-state index contributed by atoms with van der Waals surface area (Å²) < 4.78 is 2.04. The monoisotopic (exact) mass is 261 g/mol. The van der Waals surface area contributed by atoms with Gasteiger partial charge < -0.3 is 4.90 Å². The molecule has 2 atom stereocenters. The third-order valence-corrected chi connectivity index (χ3v) is 3.77. The van der Waals surface area contributed by atoms with E-state index < -0.39 is 0 Å². The number of hydrogen-bond donors (Lipinski definition) is 0. The summed E-state index contributed by atoms with van der Waals surface area (Å²) in [6.45, 7) is 14.9. The van der Waals surface area contributed by atoms with Gasteiger partial charge in [-0.25, -0.2) is 0 Å². The van der Waals surface area contributed by atoms with Gasteiger partial charge in [-0.3, -0.25) is 9.48 Å². The lowest BCUT2D eigenvalue weighted by Crippen LogP contribution is -2.46. The van der Waals surface area contributed by atoms with E-state index in [2.05, 4.69) is 47.3 Å². The third-order valence-electron chi connectivity index (χ3n) is 3.77. The fraction of sp³-hybridized carbons (Fsp3) is 0.600. The number of rotatable bonds is 1. The van der Waals surface area contributed by atoms with Gasteiger partial charge in [0.2, 0.25) is 5.91 Å². The van der Waals surface area contributed by atoms with E-state index in [-0.39, 0.29) is 23.4 Å². The van der Waals surface area contributed by atoms with E-state index in [0.717, 1.165) is 17.9 Å². The zero-order valence-corrected chi connectivity index (χ0v) is 12.5. The number of nitrogens with zero attached hydrogens (tertiary/aromatic N) is 3. The maximum absolute atomic E-state index is 12.0. The number of hydrogen-bond acceptors (Lipinski definition) is 2. The van der Waals surface area contributed by atoms with Gasteiger partial charge in [-0.2, -0.15) is 5.10 Å². The first-order chi connectivity index (χ1) is 8.75.